The van der Waals surface area contributed by atoms with Crippen LogP contribution in [0.15, 0.2) is 23.4 Å². The number of aromatic amines is 1. The monoisotopic (exact) mass is 467 g/mol. The number of aromatic nitrogens is 3. The minimum Gasteiger partial charge on any atom is -0.496 e. The lowest BCUT2D eigenvalue weighted by Crippen LogP contribution is -2.52. The fourth-order valence-corrected chi connectivity index (χ4v) is 3.85. The van der Waals surface area contributed by atoms with Gasteiger partial charge >= 0.3 is 6.09 Å². The molecule has 1 aliphatic rings. The summed E-state index contributed by atoms with van der Waals surface area (Å²) >= 11 is 7.32. The summed E-state index contributed by atoms with van der Waals surface area (Å²) in [4.78, 5) is 32.5. The Kier molecular flexibility index (Phi) is 7.32. The van der Waals surface area contributed by atoms with Crippen molar-refractivity contribution in [3.8, 4) is 17.1 Å². The van der Waals surface area contributed by atoms with E-state index in [2.05, 4.69) is 15.2 Å². The van der Waals surface area contributed by atoms with Crippen LogP contribution in [0.5, 0.6) is 5.75 Å². The molecule has 1 saturated heterocycles. The number of ether oxygens (including phenoxy) is 2. The van der Waals surface area contributed by atoms with Gasteiger partial charge in [-0.15, -0.1) is 5.10 Å². The van der Waals surface area contributed by atoms with Crippen LogP contribution >= 0.6 is 23.4 Å². The van der Waals surface area contributed by atoms with Crippen LogP contribution in [-0.2, 0) is 9.53 Å². The first kappa shape index (κ1) is 23.2. The van der Waals surface area contributed by atoms with Crippen LogP contribution in [-0.4, -0.2) is 81.6 Å². The highest BCUT2D eigenvalue weighted by molar-refractivity contribution is 7.99. The molecule has 3 rings (SSSR count). The van der Waals surface area contributed by atoms with E-state index < -0.39 is 5.60 Å². The van der Waals surface area contributed by atoms with E-state index in [1.165, 1.54) is 11.8 Å². The number of thioether (sulfide) groups is 1. The number of nitrogens with zero attached hydrogens (tertiary/aromatic N) is 4. The number of nitrogens with one attached hydrogen (secondary N) is 1. The van der Waals surface area contributed by atoms with Gasteiger partial charge in [-0.3, -0.25) is 9.89 Å². The fraction of sp³-hybridized carbons (Fsp3) is 0.500. The standard InChI is InChI=1S/C20H26ClN5O4S/c1-20(2,3)30-19(28)26-9-7-25(8-10-26)16(27)12-31-18-22-17(23-24-18)14-11-13(21)5-6-15(14)29-4/h5-6,11H,7-10,12H2,1-4H3,(H,22,23,24). The van der Waals surface area contributed by atoms with E-state index in [1.807, 2.05) is 20.8 Å². The number of hydrogen-bond acceptors (Lipinski definition) is 7. The Bertz CT molecular complexity index is 938. The van der Waals surface area contributed by atoms with Gasteiger partial charge in [-0.25, -0.2) is 9.78 Å². The SMILES string of the molecule is COc1ccc(Cl)cc1-c1nc(SCC(=O)N2CCN(C(=O)OC(C)(C)C)CC2)n[nH]1. The average Bonchev–Trinajstić information content (AvgIpc) is 3.20. The van der Waals surface area contributed by atoms with Crippen LogP contribution in [0.4, 0.5) is 4.79 Å². The highest BCUT2D eigenvalue weighted by Gasteiger charge is 2.27. The number of benzene rings is 1. The Morgan fingerprint density at radius 2 is 1.87 bits per heavy atom. The number of rotatable bonds is 5. The van der Waals surface area contributed by atoms with Crippen LogP contribution in [0, 0.1) is 0 Å². The largest absolute Gasteiger partial charge is 0.496 e. The number of methoxy groups -OCH3 is 1. The van der Waals surface area contributed by atoms with Crippen molar-refractivity contribution in [2.45, 2.75) is 31.5 Å². The van der Waals surface area contributed by atoms with Crippen molar-refractivity contribution in [1.29, 1.82) is 0 Å². The summed E-state index contributed by atoms with van der Waals surface area (Å²) < 4.78 is 10.7. The predicted molar refractivity (Wildman–Crippen MR) is 118 cm³/mol. The van der Waals surface area contributed by atoms with Crippen LogP contribution < -0.4 is 4.74 Å². The smallest absolute Gasteiger partial charge is 0.410 e. The molecule has 0 spiro atoms. The summed E-state index contributed by atoms with van der Waals surface area (Å²) in [6.45, 7) is 7.33. The fourth-order valence-electron chi connectivity index (χ4n) is 2.98. The summed E-state index contributed by atoms with van der Waals surface area (Å²) in [6.07, 6.45) is -0.348. The molecule has 1 aromatic carbocycles. The third-order valence-corrected chi connectivity index (χ3v) is 5.56. The van der Waals surface area contributed by atoms with Gasteiger partial charge in [-0.1, -0.05) is 23.4 Å². The lowest BCUT2D eigenvalue weighted by atomic mass is 10.2. The van der Waals surface area contributed by atoms with Gasteiger partial charge in [0, 0.05) is 31.2 Å². The van der Waals surface area contributed by atoms with E-state index in [4.69, 9.17) is 21.1 Å². The van der Waals surface area contributed by atoms with Gasteiger partial charge in [0.2, 0.25) is 11.1 Å². The Morgan fingerprint density at radius 3 is 2.52 bits per heavy atom. The Balaban J connectivity index is 1.51. The molecule has 11 heteroatoms. The Labute approximate surface area is 190 Å². The van der Waals surface area contributed by atoms with Crippen molar-refractivity contribution in [3.63, 3.8) is 0 Å². The first-order valence-electron chi connectivity index (χ1n) is 9.81. The van der Waals surface area contributed by atoms with E-state index in [1.54, 1.807) is 35.1 Å². The molecule has 0 aliphatic carbocycles. The maximum absolute atomic E-state index is 12.6. The van der Waals surface area contributed by atoms with E-state index in [9.17, 15) is 9.59 Å². The molecule has 2 heterocycles. The van der Waals surface area contributed by atoms with Crippen LogP contribution in [0.25, 0.3) is 11.4 Å². The highest BCUT2D eigenvalue weighted by atomic mass is 35.5. The minimum atomic E-state index is -0.537. The van der Waals surface area contributed by atoms with Gasteiger partial charge < -0.3 is 19.3 Å². The van der Waals surface area contributed by atoms with Gasteiger partial charge in [0.15, 0.2) is 5.82 Å². The molecule has 2 amide bonds. The zero-order valence-electron chi connectivity index (χ0n) is 18.0. The third-order valence-electron chi connectivity index (χ3n) is 4.49. The molecule has 0 saturated carbocycles. The van der Waals surface area contributed by atoms with E-state index in [-0.39, 0.29) is 17.8 Å². The average molecular weight is 468 g/mol. The lowest BCUT2D eigenvalue weighted by molar-refractivity contribution is -0.130. The maximum atomic E-state index is 12.6. The Hall–Kier alpha value is -2.46. The molecule has 9 nitrogen and oxygen atoms in total. The molecular formula is C20H26ClN5O4S. The van der Waals surface area contributed by atoms with Gasteiger partial charge in [0.05, 0.1) is 18.4 Å². The first-order valence-corrected chi connectivity index (χ1v) is 11.2. The van der Waals surface area contributed by atoms with E-state index in [0.717, 1.165) is 0 Å². The minimum absolute atomic E-state index is 0.0273. The number of carbonyl (C=O) groups excluding carboxylic acids is 2. The molecule has 1 N–H and O–H groups in total. The number of piperazine rings is 1. The molecule has 168 valence electrons. The summed E-state index contributed by atoms with van der Waals surface area (Å²) in [5.74, 6) is 1.31. The topological polar surface area (TPSA) is 101 Å². The Morgan fingerprint density at radius 1 is 1.19 bits per heavy atom. The zero-order valence-corrected chi connectivity index (χ0v) is 19.5. The quantitative estimate of drug-likeness (QED) is 0.673. The summed E-state index contributed by atoms with van der Waals surface area (Å²) in [7, 11) is 1.57. The van der Waals surface area contributed by atoms with Gasteiger partial charge in [-0.2, -0.15) is 0 Å². The number of carbonyl (C=O) groups is 2. The molecule has 0 unspecified atom stereocenters. The molecule has 0 atom stereocenters. The summed E-state index contributed by atoms with van der Waals surface area (Å²) in [5, 5.41) is 8.05. The van der Waals surface area contributed by atoms with Crippen LogP contribution in [0.3, 0.4) is 0 Å². The summed E-state index contributed by atoms with van der Waals surface area (Å²) in [5.41, 5.74) is 0.157. The van der Waals surface area contributed by atoms with Crippen molar-refractivity contribution in [2.75, 3.05) is 39.0 Å². The van der Waals surface area contributed by atoms with Crippen molar-refractivity contribution in [3.05, 3.63) is 23.2 Å². The van der Waals surface area contributed by atoms with Crippen molar-refractivity contribution in [1.82, 2.24) is 25.0 Å². The molecule has 31 heavy (non-hydrogen) atoms. The number of halogens is 1. The molecule has 0 radical (unpaired) electrons. The van der Waals surface area contributed by atoms with Crippen molar-refractivity contribution < 1.29 is 19.1 Å². The molecule has 1 fully saturated rings. The molecular weight excluding hydrogens is 442 g/mol. The second-order valence-corrected chi connectivity index (χ2v) is 9.33. The molecule has 2 aromatic rings. The number of amides is 2. The van der Waals surface area contributed by atoms with Crippen molar-refractivity contribution >= 4 is 35.4 Å². The van der Waals surface area contributed by atoms with Crippen LogP contribution in [0.2, 0.25) is 5.02 Å². The predicted octanol–water partition coefficient (Wildman–Crippen LogP) is 3.31. The van der Waals surface area contributed by atoms with E-state index in [0.29, 0.717) is 53.5 Å². The zero-order chi connectivity index (χ0) is 22.6. The van der Waals surface area contributed by atoms with Crippen LogP contribution in [0.1, 0.15) is 20.8 Å². The maximum Gasteiger partial charge on any atom is 0.410 e. The molecule has 1 aliphatic heterocycles. The summed E-state index contributed by atoms with van der Waals surface area (Å²) in [6, 6.07) is 5.23. The molecule has 1 aromatic heterocycles. The van der Waals surface area contributed by atoms with Crippen molar-refractivity contribution in [2.24, 2.45) is 0 Å². The number of H-pyrrole nitrogens is 1. The lowest BCUT2D eigenvalue weighted by Gasteiger charge is -2.35. The normalized spacial score (nSPS) is 14.5. The number of hydrogen-bond donors (Lipinski definition) is 1. The van der Waals surface area contributed by atoms with Gasteiger partial charge in [0.25, 0.3) is 0 Å². The molecule has 0 bridgehead atoms. The highest BCUT2D eigenvalue weighted by Crippen LogP contribution is 2.31. The third kappa shape index (κ3) is 6.27. The van der Waals surface area contributed by atoms with E-state index >= 15 is 0 Å². The second kappa shape index (κ2) is 9.78. The second-order valence-electron chi connectivity index (χ2n) is 7.95. The first-order chi connectivity index (χ1) is 14.7. The van der Waals surface area contributed by atoms with Gasteiger partial charge in [-0.05, 0) is 39.0 Å². The van der Waals surface area contributed by atoms with Gasteiger partial charge in [0.1, 0.15) is 11.4 Å².